The van der Waals surface area contributed by atoms with Gasteiger partial charge in [-0.15, -0.1) is 11.3 Å². The van der Waals surface area contributed by atoms with Crippen molar-refractivity contribution < 1.29 is 14.3 Å². The molecule has 8 heteroatoms. The molecule has 1 aromatic heterocycles. The van der Waals surface area contributed by atoms with E-state index in [1.54, 1.807) is 29.4 Å². The van der Waals surface area contributed by atoms with Crippen LogP contribution in [0.1, 0.15) is 19.8 Å². The Labute approximate surface area is 156 Å². The fourth-order valence-corrected chi connectivity index (χ4v) is 3.55. The smallest absolute Gasteiger partial charge is 0.407 e. The van der Waals surface area contributed by atoms with Crippen molar-refractivity contribution in [3.05, 3.63) is 35.8 Å². The molecule has 0 bridgehead atoms. The lowest BCUT2D eigenvalue weighted by atomic mass is 10.1. The van der Waals surface area contributed by atoms with Crippen molar-refractivity contribution >= 4 is 29.1 Å². The highest BCUT2D eigenvalue weighted by Gasteiger charge is 2.25. The van der Waals surface area contributed by atoms with E-state index in [1.807, 2.05) is 29.6 Å². The highest BCUT2D eigenvalue weighted by Crippen LogP contribution is 2.24. The topological polar surface area (TPSA) is 83.6 Å². The summed E-state index contributed by atoms with van der Waals surface area (Å²) in [6, 6.07) is 7.37. The van der Waals surface area contributed by atoms with Crippen molar-refractivity contribution in [2.24, 2.45) is 0 Å². The number of anilines is 1. The molecule has 1 aromatic carbocycles. The highest BCUT2D eigenvalue weighted by molar-refractivity contribution is 7.13. The number of nitrogens with zero attached hydrogens (tertiary/aromatic N) is 2. The molecule has 1 fully saturated rings. The Morgan fingerprint density at radius 1 is 1.42 bits per heavy atom. The number of thiazole rings is 1. The van der Waals surface area contributed by atoms with Gasteiger partial charge in [-0.05, 0) is 31.9 Å². The van der Waals surface area contributed by atoms with Crippen molar-refractivity contribution in [3.63, 3.8) is 0 Å². The molecule has 1 unspecified atom stereocenters. The molecule has 0 spiro atoms. The van der Waals surface area contributed by atoms with E-state index < -0.39 is 6.09 Å². The number of piperidine rings is 1. The summed E-state index contributed by atoms with van der Waals surface area (Å²) in [4.78, 5) is 30.2. The lowest BCUT2D eigenvalue weighted by Crippen LogP contribution is -2.50. The summed E-state index contributed by atoms with van der Waals surface area (Å²) in [6.07, 6.45) is 3.00. The molecule has 3 rings (SSSR count). The van der Waals surface area contributed by atoms with Gasteiger partial charge in [-0.25, -0.2) is 14.6 Å². The van der Waals surface area contributed by atoms with Crippen molar-refractivity contribution in [2.45, 2.75) is 25.8 Å². The van der Waals surface area contributed by atoms with E-state index in [4.69, 9.17) is 4.74 Å². The molecule has 7 nitrogen and oxygen atoms in total. The normalized spacial score (nSPS) is 16.8. The largest absolute Gasteiger partial charge is 0.450 e. The van der Waals surface area contributed by atoms with Gasteiger partial charge in [-0.3, -0.25) is 0 Å². The Morgan fingerprint density at radius 2 is 2.31 bits per heavy atom. The van der Waals surface area contributed by atoms with Gasteiger partial charge in [-0.1, -0.05) is 12.1 Å². The molecule has 1 aliphatic heterocycles. The number of rotatable bonds is 4. The molecule has 26 heavy (non-hydrogen) atoms. The molecule has 0 radical (unpaired) electrons. The number of amides is 3. The molecule has 0 saturated carbocycles. The molecule has 138 valence electrons. The minimum Gasteiger partial charge on any atom is -0.450 e. The Kier molecular flexibility index (Phi) is 6.06. The first kappa shape index (κ1) is 18.2. The van der Waals surface area contributed by atoms with Gasteiger partial charge in [0.2, 0.25) is 0 Å². The summed E-state index contributed by atoms with van der Waals surface area (Å²) in [5, 5.41) is 8.58. The maximum atomic E-state index is 12.6. The van der Waals surface area contributed by atoms with Gasteiger partial charge in [0.15, 0.2) is 0 Å². The van der Waals surface area contributed by atoms with Gasteiger partial charge in [0.1, 0.15) is 5.01 Å². The standard InChI is InChI=1S/C18H22N4O3S/c1-2-25-18(24)21-15-7-4-9-22(12-15)17(23)20-14-6-3-5-13(11-14)16-19-8-10-26-16/h3,5-6,8,10-11,15H,2,4,7,9,12H2,1H3,(H,20,23)(H,21,24). The van der Waals surface area contributed by atoms with E-state index in [9.17, 15) is 9.59 Å². The quantitative estimate of drug-likeness (QED) is 0.857. The fourth-order valence-electron chi connectivity index (χ4n) is 2.92. The Hall–Kier alpha value is -2.61. The van der Waals surface area contributed by atoms with Crippen LogP contribution in [-0.4, -0.2) is 47.7 Å². The van der Waals surface area contributed by atoms with E-state index in [-0.39, 0.29) is 12.1 Å². The van der Waals surface area contributed by atoms with E-state index in [0.29, 0.717) is 19.7 Å². The summed E-state index contributed by atoms with van der Waals surface area (Å²) >= 11 is 1.56. The number of carbonyl (C=O) groups is 2. The maximum absolute atomic E-state index is 12.6. The number of benzene rings is 1. The molecule has 2 N–H and O–H groups in total. The van der Waals surface area contributed by atoms with Crippen molar-refractivity contribution in [2.75, 3.05) is 25.0 Å². The molecule has 2 heterocycles. The Bertz CT molecular complexity index is 751. The second-order valence-electron chi connectivity index (χ2n) is 6.00. The molecule has 2 aromatic rings. The summed E-state index contributed by atoms with van der Waals surface area (Å²) in [6.45, 7) is 3.23. The van der Waals surface area contributed by atoms with Crippen LogP contribution in [0.3, 0.4) is 0 Å². The van der Waals surface area contributed by atoms with Crippen molar-refractivity contribution in [1.82, 2.24) is 15.2 Å². The number of ether oxygens (including phenoxy) is 1. The SMILES string of the molecule is CCOC(=O)NC1CCCN(C(=O)Nc2cccc(-c3nccs3)c2)C1. The average Bonchev–Trinajstić information content (AvgIpc) is 3.17. The second-order valence-corrected chi connectivity index (χ2v) is 6.89. The zero-order valence-electron chi connectivity index (χ0n) is 14.6. The number of alkyl carbamates (subject to hydrolysis) is 1. The number of urea groups is 1. The first-order valence-electron chi connectivity index (χ1n) is 8.65. The lowest BCUT2D eigenvalue weighted by molar-refractivity contribution is 0.137. The van der Waals surface area contributed by atoms with Crippen molar-refractivity contribution in [1.29, 1.82) is 0 Å². The van der Waals surface area contributed by atoms with Crippen LogP contribution in [-0.2, 0) is 4.74 Å². The highest BCUT2D eigenvalue weighted by atomic mass is 32.1. The summed E-state index contributed by atoms with van der Waals surface area (Å²) in [7, 11) is 0. The zero-order chi connectivity index (χ0) is 18.4. The number of carbonyl (C=O) groups excluding carboxylic acids is 2. The molecule has 0 aliphatic carbocycles. The van der Waals surface area contributed by atoms with E-state index in [2.05, 4.69) is 15.6 Å². The van der Waals surface area contributed by atoms with Crippen LogP contribution in [0.25, 0.3) is 10.6 Å². The summed E-state index contributed by atoms with van der Waals surface area (Å²) in [5.41, 5.74) is 1.70. The van der Waals surface area contributed by atoms with Gasteiger partial charge in [0, 0.05) is 42.0 Å². The van der Waals surface area contributed by atoms with E-state index >= 15 is 0 Å². The van der Waals surface area contributed by atoms with Crippen LogP contribution in [0, 0.1) is 0 Å². The minimum absolute atomic E-state index is 0.0878. The molecule has 1 saturated heterocycles. The third-order valence-corrected chi connectivity index (χ3v) is 4.92. The van der Waals surface area contributed by atoms with Crippen LogP contribution in [0.5, 0.6) is 0 Å². The molecule has 1 atom stereocenters. The van der Waals surface area contributed by atoms with Crippen LogP contribution in [0.15, 0.2) is 35.8 Å². The van der Waals surface area contributed by atoms with Gasteiger partial charge < -0.3 is 20.3 Å². The number of hydrogen-bond acceptors (Lipinski definition) is 5. The molecular formula is C18H22N4O3S. The van der Waals surface area contributed by atoms with Crippen LogP contribution in [0.4, 0.5) is 15.3 Å². The van der Waals surface area contributed by atoms with Crippen molar-refractivity contribution in [3.8, 4) is 10.6 Å². The molecular weight excluding hydrogens is 352 g/mol. The number of aromatic nitrogens is 1. The average molecular weight is 374 g/mol. The number of nitrogens with one attached hydrogen (secondary N) is 2. The predicted molar refractivity (Wildman–Crippen MR) is 101 cm³/mol. The number of hydrogen-bond donors (Lipinski definition) is 2. The van der Waals surface area contributed by atoms with Gasteiger partial charge in [0.25, 0.3) is 0 Å². The Balaban J connectivity index is 1.59. The monoisotopic (exact) mass is 374 g/mol. The summed E-state index contributed by atoms with van der Waals surface area (Å²) in [5.74, 6) is 0. The minimum atomic E-state index is -0.434. The first-order valence-corrected chi connectivity index (χ1v) is 9.53. The zero-order valence-corrected chi connectivity index (χ0v) is 15.4. The molecule has 3 amide bonds. The fraction of sp³-hybridized carbons (Fsp3) is 0.389. The second kappa shape index (κ2) is 8.66. The van der Waals surface area contributed by atoms with Crippen LogP contribution < -0.4 is 10.6 Å². The van der Waals surface area contributed by atoms with Crippen LogP contribution in [0.2, 0.25) is 0 Å². The predicted octanol–water partition coefficient (Wildman–Crippen LogP) is 3.55. The van der Waals surface area contributed by atoms with E-state index in [0.717, 1.165) is 29.1 Å². The Morgan fingerprint density at radius 3 is 3.08 bits per heavy atom. The first-order chi connectivity index (χ1) is 12.7. The maximum Gasteiger partial charge on any atom is 0.407 e. The van der Waals surface area contributed by atoms with Gasteiger partial charge in [0.05, 0.1) is 6.61 Å². The third-order valence-electron chi connectivity index (χ3n) is 4.10. The van der Waals surface area contributed by atoms with Gasteiger partial charge >= 0.3 is 12.1 Å². The van der Waals surface area contributed by atoms with Gasteiger partial charge in [-0.2, -0.15) is 0 Å². The third kappa shape index (κ3) is 4.72. The summed E-state index contributed by atoms with van der Waals surface area (Å²) < 4.78 is 4.91. The van der Waals surface area contributed by atoms with Crippen LogP contribution >= 0.6 is 11.3 Å². The number of likely N-dealkylation sites (tertiary alicyclic amines) is 1. The van der Waals surface area contributed by atoms with E-state index in [1.165, 1.54) is 0 Å². The molecule has 1 aliphatic rings. The lowest BCUT2D eigenvalue weighted by Gasteiger charge is -2.32.